The second kappa shape index (κ2) is 9.22. The number of rotatable bonds is 9. The lowest BCUT2D eigenvalue weighted by molar-refractivity contribution is 0.239. The Bertz CT molecular complexity index is 391. The minimum atomic E-state index is 0.704. The van der Waals surface area contributed by atoms with E-state index in [4.69, 9.17) is 17.3 Å². The first-order valence-electron chi connectivity index (χ1n) is 7.59. The van der Waals surface area contributed by atoms with Crippen molar-refractivity contribution in [2.45, 2.75) is 33.7 Å². The molecular weight excluding hydrogens is 270 g/mol. The topological polar surface area (TPSA) is 32.5 Å². The average Bonchev–Trinajstić information content (AvgIpc) is 2.44. The molecule has 114 valence electrons. The van der Waals surface area contributed by atoms with Gasteiger partial charge in [0.1, 0.15) is 0 Å². The SMILES string of the molecule is CCN(CC)CCCN(CC)Cc1ccc(Cl)cc1N. The highest BCUT2D eigenvalue weighted by atomic mass is 35.5. The number of nitrogens with two attached hydrogens (primary N) is 1. The van der Waals surface area contributed by atoms with Crippen molar-refractivity contribution < 1.29 is 0 Å². The standard InChI is InChI=1S/C16H28ClN3/c1-4-19(5-2)10-7-11-20(6-3)13-14-8-9-15(17)12-16(14)18/h8-9,12H,4-7,10-11,13,18H2,1-3H3. The van der Waals surface area contributed by atoms with Crippen LogP contribution in [0.25, 0.3) is 0 Å². The zero-order valence-electron chi connectivity index (χ0n) is 13.0. The minimum Gasteiger partial charge on any atom is -0.398 e. The summed E-state index contributed by atoms with van der Waals surface area (Å²) in [4.78, 5) is 4.90. The molecule has 0 amide bonds. The van der Waals surface area contributed by atoms with Crippen molar-refractivity contribution in [2.24, 2.45) is 0 Å². The molecule has 0 saturated heterocycles. The van der Waals surface area contributed by atoms with Crippen LogP contribution in [0.1, 0.15) is 32.8 Å². The van der Waals surface area contributed by atoms with Crippen LogP contribution in [0, 0.1) is 0 Å². The smallest absolute Gasteiger partial charge is 0.0426 e. The van der Waals surface area contributed by atoms with Gasteiger partial charge in [0.15, 0.2) is 0 Å². The Hall–Kier alpha value is -0.770. The highest BCUT2D eigenvalue weighted by molar-refractivity contribution is 6.30. The van der Waals surface area contributed by atoms with E-state index in [1.807, 2.05) is 18.2 Å². The van der Waals surface area contributed by atoms with Crippen LogP contribution in [0.2, 0.25) is 5.02 Å². The second-order valence-electron chi connectivity index (χ2n) is 5.09. The van der Waals surface area contributed by atoms with Crippen molar-refractivity contribution in [2.75, 3.05) is 38.5 Å². The van der Waals surface area contributed by atoms with Gasteiger partial charge in [-0.2, -0.15) is 0 Å². The summed E-state index contributed by atoms with van der Waals surface area (Å²) in [6, 6.07) is 5.78. The molecule has 0 aliphatic carbocycles. The van der Waals surface area contributed by atoms with Crippen LogP contribution in [0.4, 0.5) is 5.69 Å². The van der Waals surface area contributed by atoms with Crippen molar-refractivity contribution in [1.29, 1.82) is 0 Å². The third-order valence-electron chi connectivity index (χ3n) is 3.79. The first-order valence-corrected chi connectivity index (χ1v) is 7.97. The van der Waals surface area contributed by atoms with Crippen LogP contribution < -0.4 is 5.73 Å². The van der Waals surface area contributed by atoms with Crippen LogP contribution in [0.15, 0.2) is 18.2 Å². The van der Waals surface area contributed by atoms with Crippen molar-refractivity contribution >= 4 is 17.3 Å². The van der Waals surface area contributed by atoms with Crippen LogP contribution >= 0.6 is 11.6 Å². The van der Waals surface area contributed by atoms with E-state index in [0.29, 0.717) is 5.02 Å². The summed E-state index contributed by atoms with van der Waals surface area (Å²) < 4.78 is 0. The third kappa shape index (κ3) is 5.70. The minimum absolute atomic E-state index is 0.704. The summed E-state index contributed by atoms with van der Waals surface area (Å²) in [6.45, 7) is 13.1. The third-order valence-corrected chi connectivity index (χ3v) is 4.03. The van der Waals surface area contributed by atoms with Gasteiger partial charge < -0.3 is 10.6 Å². The normalized spacial score (nSPS) is 11.5. The number of nitrogens with zero attached hydrogens (tertiary/aromatic N) is 2. The van der Waals surface area contributed by atoms with Crippen molar-refractivity contribution in [1.82, 2.24) is 9.80 Å². The van der Waals surface area contributed by atoms with Crippen molar-refractivity contribution in [3.05, 3.63) is 28.8 Å². The second-order valence-corrected chi connectivity index (χ2v) is 5.53. The summed E-state index contributed by atoms with van der Waals surface area (Å²) in [6.07, 6.45) is 1.20. The molecule has 0 spiro atoms. The highest BCUT2D eigenvalue weighted by Crippen LogP contribution is 2.19. The molecule has 0 fully saturated rings. The number of hydrogen-bond donors (Lipinski definition) is 1. The molecule has 0 atom stereocenters. The number of benzene rings is 1. The number of hydrogen-bond acceptors (Lipinski definition) is 3. The lowest BCUT2D eigenvalue weighted by Gasteiger charge is -2.24. The summed E-state index contributed by atoms with van der Waals surface area (Å²) in [5.74, 6) is 0. The molecule has 1 aromatic rings. The number of halogens is 1. The van der Waals surface area contributed by atoms with E-state index in [1.165, 1.54) is 18.5 Å². The van der Waals surface area contributed by atoms with Crippen LogP contribution in [0.5, 0.6) is 0 Å². The molecule has 20 heavy (non-hydrogen) atoms. The predicted octanol–water partition coefficient (Wildman–Crippen LogP) is 3.48. The van der Waals surface area contributed by atoms with Crippen molar-refractivity contribution in [3.63, 3.8) is 0 Å². The summed E-state index contributed by atoms with van der Waals surface area (Å²) in [5.41, 5.74) is 7.98. The number of nitrogen functional groups attached to an aromatic ring is 1. The number of anilines is 1. The Labute approximate surface area is 128 Å². The molecule has 2 N–H and O–H groups in total. The maximum atomic E-state index is 6.02. The fourth-order valence-electron chi connectivity index (χ4n) is 2.36. The summed E-state index contributed by atoms with van der Waals surface area (Å²) in [5, 5.41) is 0.704. The molecule has 0 unspecified atom stereocenters. The van der Waals surface area contributed by atoms with E-state index in [1.54, 1.807) is 0 Å². The Morgan fingerprint density at radius 3 is 2.15 bits per heavy atom. The molecule has 1 rings (SSSR count). The largest absolute Gasteiger partial charge is 0.398 e. The maximum absolute atomic E-state index is 6.02. The molecule has 4 heteroatoms. The van der Waals surface area contributed by atoms with Crippen LogP contribution in [-0.2, 0) is 6.54 Å². The average molecular weight is 298 g/mol. The molecule has 1 aromatic carbocycles. The molecule has 0 saturated carbocycles. The summed E-state index contributed by atoms with van der Waals surface area (Å²) in [7, 11) is 0. The lowest BCUT2D eigenvalue weighted by atomic mass is 10.1. The molecular formula is C16H28ClN3. The Balaban J connectivity index is 2.46. The first kappa shape index (κ1) is 17.3. The zero-order chi connectivity index (χ0) is 15.0. The maximum Gasteiger partial charge on any atom is 0.0426 e. The predicted molar refractivity (Wildman–Crippen MR) is 89.2 cm³/mol. The Kier molecular flexibility index (Phi) is 7.97. The van der Waals surface area contributed by atoms with Gasteiger partial charge in [-0.1, -0.05) is 38.4 Å². The van der Waals surface area contributed by atoms with Gasteiger partial charge in [-0.3, -0.25) is 4.90 Å². The van der Waals surface area contributed by atoms with Gasteiger partial charge in [-0.05, 0) is 56.8 Å². The van der Waals surface area contributed by atoms with E-state index in [-0.39, 0.29) is 0 Å². The van der Waals surface area contributed by atoms with E-state index in [0.717, 1.165) is 38.4 Å². The molecule has 0 aliphatic rings. The van der Waals surface area contributed by atoms with Gasteiger partial charge in [0.05, 0.1) is 0 Å². The van der Waals surface area contributed by atoms with Crippen LogP contribution in [-0.4, -0.2) is 42.5 Å². The van der Waals surface area contributed by atoms with Gasteiger partial charge in [0.2, 0.25) is 0 Å². The van der Waals surface area contributed by atoms with E-state index in [9.17, 15) is 0 Å². The molecule has 0 aromatic heterocycles. The summed E-state index contributed by atoms with van der Waals surface area (Å²) >= 11 is 5.94. The van der Waals surface area contributed by atoms with Gasteiger partial charge in [0.25, 0.3) is 0 Å². The highest BCUT2D eigenvalue weighted by Gasteiger charge is 2.07. The quantitative estimate of drug-likeness (QED) is 0.708. The fourth-order valence-corrected chi connectivity index (χ4v) is 2.54. The Morgan fingerprint density at radius 2 is 1.60 bits per heavy atom. The van der Waals surface area contributed by atoms with Crippen molar-refractivity contribution in [3.8, 4) is 0 Å². The molecule has 3 nitrogen and oxygen atoms in total. The molecule has 0 radical (unpaired) electrons. The first-order chi connectivity index (χ1) is 9.60. The van der Waals surface area contributed by atoms with E-state index in [2.05, 4.69) is 30.6 Å². The molecule has 0 aliphatic heterocycles. The lowest BCUT2D eigenvalue weighted by Crippen LogP contribution is -2.30. The monoisotopic (exact) mass is 297 g/mol. The van der Waals surface area contributed by atoms with Gasteiger partial charge >= 0.3 is 0 Å². The van der Waals surface area contributed by atoms with Gasteiger partial charge in [0, 0.05) is 17.3 Å². The van der Waals surface area contributed by atoms with Gasteiger partial charge in [-0.25, -0.2) is 0 Å². The molecule has 0 heterocycles. The zero-order valence-corrected chi connectivity index (χ0v) is 13.8. The van der Waals surface area contributed by atoms with E-state index >= 15 is 0 Å². The fraction of sp³-hybridized carbons (Fsp3) is 0.625. The van der Waals surface area contributed by atoms with Gasteiger partial charge in [-0.15, -0.1) is 0 Å². The molecule has 0 bridgehead atoms. The van der Waals surface area contributed by atoms with Crippen LogP contribution in [0.3, 0.4) is 0 Å². The van der Waals surface area contributed by atoms with E-state index < -0.39 is 0 Å². The Morgan fingerprint density at radius 1 is 1.00 bits per heavy atom.